The Kier molecular flexibility index (Phi) is 12.8. The molecule has 0 spiro atoms. The molecule has 1 aliphatic carbocycles. The Morgan fingerprint density at radius 1 is 1.07 bits per heavy atom. The van der Waals surface area contributed by atoms with Crippen LogP contribution in [0, 0.1) is 6.92 Å². The lowest BCUT2D eigenvalue weighted by atomic mass is 9.90. The van der Waals surface area contributed by atoms with Crippen molar-refractivity contribution < 1.29 is 9.53 Å². The minimum Gasteiger partial charge on any atom is -0.490 e. The van der Waals surface area contributed by atoms with Crippen molar-refractivity contribution in [3.63, 3.8) is 0 Å². The maximum Gasteiger partial charge on any atom is 0.143 e. The van der Waals surface area contributed by atoms with Gasteiger partial charge in [0, 0.05) is 19.1 Å². The minimum atomic E-state index is 0.0324. The fourth-order valence-electron chi connectivity index (χ4n) is 3.27. The van der Waals surface area contributed by atoms with Crippen LogP contribution < -0.4 is 10.5 Å². The molecule has 1 saturated carbocycles. The highest BCUT2D eigenvalue weighted by Crippen LogP contribution is 2.28. The molecule has 0 amide bonds. The largest absolute Gasteiger partial charge is 0.490 e. The van der Waals surface area contributed by atoms with Crippen LogP contribution in [0.5, 0.6) is 5.75 Å². The molecular weight excluding hydrogens is 348 g/mol. The summed E-state index contributed by atoms with van der Waals surface area (Å²) < 4.78 is 6.06. The number of Topliss-reactive ketones (excluding diaryl/α,β-unsaturated/α-hetero) is 1. The molecule has 0 bridgehead atoms. The summed E-state index contributed by atoms with van der Waals surface area (Å²) in [6, 6.07) is 9.32. The second-order valence-corrected chi connectivity index (χ2v) is 8.01. The van der Waals surface area contributed by atoms with Gasteiger partial charge in [-0.25, -0.2) is 0 Å². The fourth-order valence-corrected chi connectivity index (χ4v) is 3.27. The van der Waals surface area contributed by atoms with Gasteiger partial charge in [0.25, 0.3) is 0 Å². The van der Waals surface area contributed by atoms with Crippen molar-refractivity contribution in [1.29, 1.82) is 0 Å². The molecule has 2 fully saturated rings. The number of ketones is 1. The Labute approximate surface area is 172 Å². The first-order valence-electron chi connectivity index (χ1n) is 11.2. The minimum absolute atomic E-state index is 0.0324. The molecule has 1 saturated heterocycles. The monoisotopic (exact) mass is 390 g/mol. The standard InChI is InChI=1S/C16H23NO.C5H12.C3H7NO/c1-13-5-7-15(8-6-13)18-16-9-11-17(12-10-16)14-3-2-4-14;1-3-5-4-2;1-3(5)2-4/h5-8,14,16H,2-4,9-12H2,1H3;3-5H2,1-2H3;2,4H2,1H3. The Hall–Kier alpha value is -1.39. The summed E-state index contributed by atoms with van der Waals surface area (Å²) in [6.45, 7) is 10.6. The van der Waals surface area contributed by atoms with E-state index in [0.29, 0.717) is 6.10 Å². The van der Waals surface area contributed by atoms with Gasteiger partial charge in [-0.05, 0) is 51.7 Å². The first kappa shape index (κ1) is 24.6. The smallest absolute Gasteiger partial charge is 0.143 e. The van der Waals surface area contributed by atoms with Crippen LogP contribution in [0.3, 0.4) is 0 Å². The number of likely N-dealkylation sites (tertiary alicyclic amines) is 1. The normalized spacial score (nSPS) is 17.5. The van der Waals surface area contributed by atoms with Crippen molar-refractivity contribution in [3.8, 4) is 5.75 Å². The number of nitrogens with zero attached hydrogens (tertiary/aromatic N) is 1. The molecule has 4 nitrogen and oxygen atoms in total. The molecule has 0 unspecified atom stereocenters. The van der Waals surface area contributed by atoms with Crippen LogP contribution in [0.25, 0.3) is 0 Å². The molecule has 0 atom stereocenters. The van der Waals surface area contributed by atoms with E-state index in [1.807, 2.05) is 0 Å². The highest BCUT2D eigenvalue weighted by atomic mass is 16.5. The van der Waals surface area contributed by atoms with E-state index >= 15 is 0 Å². The second kappa shape index (κ2) is 14.6. The van der Waals surface area contributed by atoms with Crippen molar-refractivity contribution >= 4 is 5.78 Å². The zero-order chi connectivity index (χ0) is 20.8. The lowest BCUT2D eigenvalue weighted by Crippen LogP contribution is -2.46. The first-order chi connectivity index (χ1) is 13.5. The molecule has 1 aromatic carbocycles. The van der Waals surface area contributed by atoms with E-state index in [2.05, 4.69) is 49.9 Å². The van der Waals surface area contributed by atoms with Gasteiger partial charge in [-0.15, -0.1) is 0 Å². The van der Waals surface area contributed by atoms with Crippen molar-refractivity contribution in [1.82, 2.24) is 4.90 Å². The number of benzene rings is 1. The Morgan fingerprint density at radius 3 is 1.96 bits per heavy atom. The number of piperidine rings is 1. The second-order valence-electron chi connectivity index (χ2n) is 8.01. The predicted molar refractivity (Wildman–Crippen MR) is 119 cm³/mol. The van der Waals surface area contributed by atoms with Gasteiger partial charge in [0.15, 0.2) is 0 Å². The van der Waals surface area contributed by atoms with E-state index in [1.165, 1.54) is 76.9 Å². The number of nitrogens with two attached hydrogens (primary N) is 1. The van der Waals surface area contributed by atoms with Gasteiger partial charge in [0.05, 0.1) is 6.54 Å². The topological polar surface area (TPSA) is 55.6 Å². The van der Waals surface area contributed by atoms with Crippen molar-refractivity contribution in [2.24, 2.45) is 5.73 Å². The summed E-state index contributed by atoms with van der Waals surface area (Å²) in [7, 11) is 0. The molecular formula is C24H42N2O2. The highest BCUT2D eigenvalue weighted by molar-refractivity contribution is 5.77. The molecule has 28 heavy (non-hydrogen) atoms. The molecule has 0 radical (unpaired) electrons. The lowest BCUT2D eigenvalue weighted by molar-refractivity contribution is -0.115. The third-order valence-corrected chi connectivity index (χ3v) is 5.39. The molecule has 1 aliphatic heterocycles. The molecule has 2 aliphatic rings. The van der Waals surface area contributed by atoms with Crippen molar-refractivity contribution in [3.05, 3.63) is 29.8 Å². The summed E-state index contributed by atoms with van der Waals surface area (Å²) >= 11 is 0. The Balaban J connectivity index is 0.000000329. The summed E-state index contributed by atoms with van der Waals surface area (Å²) in [5.41, 5.74) is 6.12. The summed E-state index contributed by atoms with van der Waals surface area (Å²) in [4.78, 5) is 12.4. The van der Waals surface area contributed by atoms with E-state index in [4.69, 9.17) is 10.5 Å². The van der Waals surface area contributed by atoms with Gasteiger partial charge in [-0.1, -0.05) is 57.2 Å². The molecule has 0 aromatic heterocycles. The molecule has 3 rings (SSSR count). The van der Waals surface area contributed by atoms with E-state index in [0.717, 1.165) is 11.8 Å². The Bertz CT molecular complexity index is 516. The highest BCUT2D eigenvalue weighted by Gasteiger charge is 2.29. The van der Waals surface area contributed by atoms with Crippen molar-refractivity contribution in [2.75, 3.05) is 19.6 Å². The van der Waals surface area contributed by atoms with Crippen LogP contribution >= 0.6 is 0 Å². The van der Waals surface area contributed by atoms with Gasteiger partial charge in [0.2, 0.25) is 0 Å². The zero-order valence-corrected chi connectivity index (χ0v) is 18.6. The molecule has 1 aromatic rings. The number of hydrogen-bond acceptors (Lipinski definition) is 4. The van der Waals surface area contributed by atoms with Crippen LogP contribution in [-0.2, 0) is 4.79 Å². The lowest BCUT2D eigenvalue weighted by Gasteiger charge is -2.41. The number of rotatable bonds is 6. The van der Waals surface area contributed by atoms with Crippen LogP contribution in [-0.4, -0.2) is 42.5 Å². The maximum absolute atomic E-state index is 9.69. The maximum atomic E-state index is 9.69. The van der Waals surface area contributed by atoms with E-state index < -0.39 is 0 Å². The van der Waals surface area contributed by atoms with E-state index in [1.54, 1.807) is 0 Å². The third-order valence-electron chi connectivity index (χ3n) is 5.39. The molecule has 160 valence electrons. The quantitative estimate of drug-likeness (QED) is 0.732. The van der Waals surface area contributed by atoms with Gasteiger partial charge >= 0.3 is 0 Å². The number of carbonyl (C=O) groups is 1. The van der Waals surface area contributed by atoms with E-state index in [9.17, 15) is 4.79 Å². The molecule has 1 heterocycles. The summed E-state index contributed by atoms with van der Waals surface area (Å²) in [5.74, 6) is 1.06. The number of carbonyl (C=O) groups excluding carboxylic acids is 1. The number of unbranched alkanes of at least 4 members (excludes halogenated alkanes) is 2. The zero-order valence-electron chi connectivity index (χ0n) is 18.6. The SMILES string of the molecule is CC(=O)CN.CCCCC.Cc1ccc(OC2CCN(C3CCC3)CC2)cc1. The summed E-state index contributed by atoms with van der Waals surface area (Å²) in [5, 5.41) is 0. The van der Waals surface area contributed by atoms with Crippen LogP contribution in [0.1, 0.15) is 77.7 Å². The number of hydrogen-bond donors (Lipinski definition) is 1. The first-order valence-corrected chi connectivity index (χ1v) is 11.2. The average molecular weight is 391 g/mol. The number of ether oxygens (including phenoxy) is 1. The molecule has 2 N–H and O–H groups in total. The van der Waals surface area contributed by atoms with Gasteiger partial charge in [-0.2, -0.15) is 0 Å². The number of aryl methyl sites for hydroxylation is 1. The molecule has 4 heteroatoms. The van der Waals surface area contributed by atoms with Gasteiger partial charge in [-0.3, -0.25) is 4.79 Å². The third kappa shape index (κ3) is 10.2. The van der Waals surface area contributed by atoms with Crippen LogP contribution in [0.4, 0.5) is 0 Å². The average Bonchev–Trinajstić information content (AvgIpc) is 2.65. The van der Waals surface area contributed by atoms with Crippen LogP contribution in [0.2, 0.25) is 0 Å². The van der Waals surface area contributed by atoms with Gasteiger partial charge in [0.1, 0.15) is 17.6 Å². The summed E-state index contributed by atoms with van der Waals surface area (Å²) in [6.07, 6.45) is 11.1. The van der Waals surface area contributed by atoms with E-state index in [-0.39, 0.29) is 12.3 Å². The fraction of sp³-hybridized carbons (Fsp3) is 0.708. The Morgan fingerprint density at radius 2 is 1.61 bits per heavy atom. The van der Waals surface area contributed by atoms with Crippen LogP contribution in [0.15, 0.2) is 24.3 Å². The van der Waals surface area contributed by atoms with Crippen molar-refractivity contribution in [2.45, 2.75) is 91.2 Å². The van der Waals surface area contributed by atoms with Gasteiger partial charge < -0.3 is 15.4 Å². The predicted octanol–water partition coefficient (Wildman–Crippen LogP) is 5.12.